The van der Waals surface area contributed by atoms with E-state index in [1.54, 1.807) is 30.0 Å². The van der Waals surface area contributed by atoms with Crippen LogP contribution < -0.4 is 4.90 Å². The van der Waals surface area contributed by atoms with Crippen molar-refractivity contribution in [1.82, 2.24) is 9.88 Å². The molecule has 2 aromatic carbocycles. The monoisotopic (exact) mass is 487 g/mol. The van der Waals surface area contributed by atoms with Crippen molar-refractivity contribution < 1.29 is 17.9 Å². The summed E-state index contributed by atoms with van der Waals surface area (Å²) in [6.45, 7) is 9.72. The van der Waals surface area contributed by atoms with Gasteiger partial charge in [-0.25, -0.2) is 13.4 Å². The Morgan fingerprint density at radius 2 is 1.85 bits per heavy atom. The first-order valence-electron chi connectivity index (χ1n) is 11.1. The molecule has 1 aliphatic heterocycles. The van der Waals surface area contributed by atoms with Crippen LogP contribution in [0, 0.1) is 13.8 Å². The molecule has 1 aliphatic rings. The van der Waals surface area contributed by atoms with Gasteiger partial charge in [-0.3, -0.25) is 14.6 Å². The molecule has 0 aliphatic carbocycles. The zero-order valence-corrected chi connectivity index (χ0v) is 20.8. The number of carbonyl (C=O) groups excluding carboxylic acids is 1. The Morgan fingerprint density at radius 1 is 1.15 bits per heavy atom. The molecule has 0 spiro atoms. The van der Waals surface area contributed by atoms with Gasteiger partial charge in [0.05, 0.1) is 39.6 Å². The van der Waals surface area contributed by atoms with Crippen LogP contribution in [0.1, 0.15) is 28.4 Å². The van der Waals surface area contributed by atoms with Crippen LogP contribution in [0.15, 0.2) is 41.3 Å². The molecular weight excluding hydrogens is 458 g/mol. The van der Waals surface area contributed by atoms with E-state index in [9.17, 15) is 13.2 Å². The summed E-state index contributed by atoms with van der Waals surface area (Å²) in [7, 11) is -3.55. The second-order valence-electron chi connectivity index (χ2n) is 8.21. The molecule has 33 heavy (non-hydrogen) atoms. The van der Waals surface area contributed by atoms with Crippen LogP contribution >= 0.6 is 11.3 Å². The van der Waals surface area contributed by atoms with E-state index in [0.717, 1.165) is 28.9 Å². The third-order valence-electron chi connectivity index (χ3n) is 6.04. The quantitative estimate of drug-likeness (QED) is 0.506. The van der Waals surface area contributed by atoms with Crippen LogP contribution in [0.5, 0.6) is 0 Å². The number of amides is 1. The molecule has 1 saturated heterocycles. The Bertz CT molecular complexity index is 1220. The Morgan fingerprint density at radius 3 is 2.58 bits per heavy atom. The first-order chi connectivity index (χ1) is 15.8. The van der Waals surface area contributed by atoms with Crippen LogP contribution in [0.4, 0.5) is 5.13 Å². The summed E-state index contributed by atoms with van der Waals surface area (Å²) in [4.78, 5) is 22.5. The highest BCUT2D eigenvalue weighted by Crippen LogP contribution is 2.32. The zero-order chi connectivity index (χ0) is 23.6. The fourth-order valence-corrected chi connectivity index (χ4v) is 6.01. The van der Waals surface area contributed by atoms with Gasteiger partial charge in [-0.05, 0) is 49.2 Å². The number of carbonyl (C=O) groups is 1. The van der Waals surface area contributed by atoms with Gasteiger partial charge in [0, 0.05) is 26.2 Å². The van der Waals surface area contributed by atoms with E-state index < -0.39 is 9.84 Å². The molecular formula is C24H29N3O4S2. The maximum absolute atomic E-state index is 13.8. The average Bonchev–Trinajstić information content (AvgIpc) is 3.22. The van der Waals surface area contributed by atoms with Gasteiger partial charge >= 0.3 is 0 Å². The van der Waals surface area contributed by atoms with Crippen LogP contribution in [-0.2, 0) is 14.6 Å². The third kappa shape index (κ3) is 5.11. The van der Waals surface area contributed by atoms with Crippen LogP contribution in [0.2, 0.25) is 0 Å². The highest BCUT2D eigenvalue weighted by molar-refractivity contribution is 7.91. The van der Waals surface area contributed by atoms with Gasteiger partial charge in [0.2, 0.25) is 0 Å². The molecule has 1 amide bonds. The summed E-state index contributed by atoms with van der Waals surface area (Å²) in [5, 5.41) is 0.581. The smallest absolute Gasteiger partial charge is 0.261 e. The first kappa shape index (κ1) is 23.8. The summed E-state index contributed by atoms with van der Waals surface area (Å²) in [5.74, 6) is -0.409. The number of anilines is 1. The molecule has 9 heteroatoms. The van der Waals surface area contributed by atoms with E-state index in [2.05, 4.69) is 17.9 Å². The number of fused-ring (bicyclic) bond motifs is 1. The number of thiazole rings is 1. The lowest BCUT2D eigenvalue weighted by Gasteiger charge is -2.29. The van der Waals surface area contributed by atoms with Crippen molar-refractivity contribution >= 4 is 42.4 Å². The molecule has 0 radical (unpaired) electrons. The SMILES string of the molecule is CCS(=O)(=O)c1ccccc1C(=O)N(CCN1CCOCC1)c1nc2cc(C)c(C)cc2s1. The van der Waals surface area contributed by atoms with Gasteiger partial charge in [-0.2, -0.15) is 0 Å². The van der Waals surface area contributed by atoms with Crippen LogP contribution in [0.25, 0.3) is 10.2 Å². The molecule has 7 nitrogen and oxygen atoms in total. The molecule has 0 bridgehead atoms. The molecule has 0 N–H and O–H groups in total. The number of sulfone groups is 1. The van der Waals surface area contributed by atoms with Crippen molar-refractivity contribution in [2.75, 3.05) is 50.0 Å². The zero-order valence-electron chi connectivity index (χ0n) is 19.2. The number of hydrogen-bond donors (Lipinski definition) is 0. The third-order valence-corrected chi connectivity index (χ3v) is 8.87. The van der Waals surface area contributed by atoms with Crippen molar-refractivity contribution in [2.24, 2.45) is 0 Å². The number of ether oxygens (including phenoxy) is 1. The second-order valence-corrected chi connectivity index (χ2v) is 11.5. The second kappa shape index (κ2) is 9.89. The van der Waals surface area contributed by atoms with Crippen molar-refractivity contribution in [3.05, 3.63) is 53.1 Å². The fraction of sp³-hybridized carbons (Fsp3) is 0.417. The molecule has 1 fully saturated rings. The standard InChI is InChI=1S/C24H29N3O4S2/c1-4-33(29,30)22-8-6-5-7-19(22)23(28)27(10-9-26-11-13-31-14-12-26)24-25-20-15-17(2)18(3)16-21(20)32-24/h5-8,15-16H,4,9-14H2,1-3H3. The molecule has 1 aromatic heterocycles. The van der Waals surface area contributed by atoms with Crippen LogP contribution in [-0.4, -0.2) is 69.4 Å². The number of hydrogen-bond acceptors (Lipinski definition) is 7. The maximum atomic E-state index is 13.8. The van der Waals surface area contributed by atoms with Crippen LogP contribution in [0.3, 0.4) is 0 Å². The summed E-state index contributed by atoms with van der Waals surface area (Å²) in [6, 6.07) is 10.6. The lowest BCUT2D eigenvalue weighted by atomic mass is 10.1. The van der Waals surface area contributed by atoms with Crippen molar-refractivity contribution in [3.8, 4) is 0 Å². The van der Waals surface area contributed by atoms with Gasteiger partial charge in [-0.15, -0.1) is 0 Å². The summed E-state index contributed by atoms with van der Waals surface area (Å²) >= 11 is 1.46. The Labute approximate surface area is 198 Å². The molecule has 0 atom stereocenters. The fourth-order valence-electron chi connectivity index (χ4n) is 3.85. The van der Waals surface area contributed by atoms with E-state index >= 15 is 0 Å². The molecule has 0 unspecified atom stereocenters. The number of aryl methyl sites for hydroxylation is 2. The summed E-state index contributed by atoms with van der Waals surface area (Å²) in [6.07, 6.45) is 0. The topological polar surface area (TPSA) is 79.8 Å². The number of aromatic nitrogens is 1. The van der Waals surface area contributed by atoms with Gasteiger partial charge in [0.1, 0.15) is 0 Å². The van der Waals surface area contributed by atoms with Crippen molar-refractivity contribution in [3.63, 3.8) is 0 Å². The van der Waals surface area contributed by atoms with E-state index in [4.69, 9.17) is 9.72 Å². The highest BCUT2D eigenvalue weighted by atomic mass is 32.2. The number of morpholine rings is 1. The molecule has 176 valence electrons. The van der Waals surface area contributed by atoms with E-state index in [0.29, 0.717) is 31.4 Å². The minimum atomic E-state index is -3.55. The summed E-state index contributed by atoms with van der Waals surface area (Å²) < 4.78 is 31.8. The molecule has 3 aromatic rings. The largest absolute Gasteiger partial charge is 0.379 e. The minimum absolute atomic E-state index is 0.0647. The maximum Gasteiger partial charge on any atom is 0.261 e. The van der Waals surface area contributed by atoms with Gasteiger partial charge in [0.25, 0.3) is 5.91 Å². The Hall–Kier alpha value is -2.33. The lowest BCUT2D eigenvalue weighted by molar-refractivity contribution is 0.0391. The Kier molecular flexibility index (Phi) is 7.13. The van der Waals surface area contributed by atoms with Crippen molar-refractivity contribution in [1.29, 1.82) is 0 Å². The van der Waals surface area contributed by atoms with Gasteiger partial charge in [0.15, 0.2) is 15.0 Å². The predicted octanol–water partition coefficient (Wildman–Crippen LogP) is 3.69. The van der Waals surface area contributed by atoms with Gasteiger partial charge in [-0.1, -0.05) is 30.4 Å². The first-order valence-corrected chi connectivity index (χ1v) is 13.6. The number of benzene rings is 2. The van der Waals surface area contributed by atoms with E-state index in [1.165, 1.54) is 23.0 Å². The molecule has 0 saturated carbocycles. The van der Waals surface area contributed by atoms with E-state index in [-0.39, 0.29) is 22.1 Å². The predicted molar refractivity (Wildman–Crippen MR) is 132 cm³/mol. The highest BCUT2D eigenvalue weighted by Gasteiger charge is 2.28. The van der Waals surface area contributed by atoms with Gasteiger partial charge < -0.3 is 4.74 Å². The average molecular weight is 488 g/mol. The lowest BCUT2D eigenvalue weighted by Crippen LogP contribution is -2.43. The normalized spacial score (nSPS) is 15.1. The Balaban J connectivity index is 1.74. The summed E-state index contributed by atoms with van der Waals surface area (Å²) in [5.41, 5.74) is 3.35. The molecule has 4 rings (SSSR count). The minimum Gasteiger partial charge on any atom is -0.379 e. The molecule has 2 heterocycles. The van der Waals surface area contributed by atoms with E-state index in [1.807, 2.05) is 13.0 Å². The number of rotatable bonds is 7. The number of nitrogens with zero attached hydrogens (tertiary/aromatic N) is 3. The van der Waals surface area contributed by atoms with Crippen molar-refractivity contribution in [2.45, 2.75) is 25.7 Å².